The molecule has 4 nitrogen and oxygen atoms in total. The first kappa shape index (κ1) is 19.1. The fourth-order valence-electron chi connectivity index (χ4n) is 2.75. The second-order valence-corrected chi connectivity index (χ2v) is 9.64. The van der Waals surface area contributed by atoms with E-state index in [1.807, 2.05) is 24.3 Å². The lowest BCUT2D eigenvalue weighted by Gasteiger charge is -2.33. The van der Waals surface area contributed by atoms with E-state index in [4.69, 9.17) is 20.3 Å². The summed E-state index contributed by atoms with van der Waals surface area (Å²) in [6.45, 7) is 6.56. The molecule has 124 valence electrons. The third kappa shape index (κ3) is 5.66. The van der Waals surface area contributed by atoms with E-state index < -0.39 is 14.1 Å². The second kappa shape index (κ2) is 8.60. The molecule has 4 N–H and O–H groups in total. The molecular formula is C17H30N2O2Si. The molecule has 5 heteroatoms. The van der Waals surface area contributed by atoms with Gasteiger partial charge >= 0.3 is 8.56 Å². The highest BCUT2D eigenvalue weighted by Gasteiger charge is 2.35. The van der Waals surface area contributed by atoms with Crippen LogP contribution in [0.4, 0.5) is 0 Å². The minimum Gasteiger partial charge on any atom is -0.398 e. The lowest BCUT2D eigenvalue weighted by Crippen LogP contribution is -2.46. The Morgan fingerprint density at radius 2 is 1.86 bits per heavy atom. The zero-order valence-electron chi connectivity index (χ0n) is 14.0. The Hall–Kier alpha value is -0.983. The maximum absolute atomic E-state index is 6.57. The molecule has 0 aliphatic rings. The SMILES string of the molecule is C=CC(N)(Cc1ccccc1)CC(CN)C[Si](C)(OC)OC. The molecule has 22 heavy (non-hydrogen) atoms. The van der Waals surface area contributed by atoms with Gasteiger partial charge in [-0.1, -0.05) is 36.4 Å². The van der Waals surface area contributed by atoms with Gasteiger partial charge < -0.3 is 20.3 Å². The van der Waals surface area contributed by atoms with Crippen molar-refractivity contribution in [1.82, 2.24) is 0 Å². The Morgan fingerprint density at radius 3 is 2.32 bits per heavy atom. The summed E-state index contributed by atoms with van der Waals surface area (Å²) in [5.41, 5.74) is 13.3. The van der Waals surface area contributed by atoms with E-state index in [9.17, 15) is 0 Å². The van der Waals surface area contributed by atoms with Gasteiger partial charge in [-0.25, -0.2) is 0 Å². The smallest absolute Gasteiger partial charge is 0.334 e. The second-order valence-electron chi connectivity index (χ2n) is 6.15. The Kier molecular flexibility index (Phi) is 7.45. The Balaban J connectivity index is 2.78. The highest BCUT2D eigenvalue weighted by molar-refractivity contribution is 6.66. The molecule has 0 saturated heterocycles. The number of nitrogens with two attached hydrogens (primary N) is 2. The molecule has 0 heterocycles. The summed E-state index contributed by atoms with van der Waals surface area (Å²) in [6, 6.07) is 11.1. The normalized spacial score (nSPS) is 16.0. The molecule has 2 unspecified atom stereocenters. The van der Waals surface area contributed by atoms with Crippen LogP contribution in [0.2, 0.25) is 12.6 Å². The minimum atomic E-state index is -2.16. The summed E-state index contributed by atoms with van der Waals surface area (Å²) in [5, 5.41) is 0. The van der Waals surface area contributed by atoms with E-state index in [1.165, 1.54) is 5.56 Å². The third-order valence-corrected chi connectivity index (χ3v) is 7.35. The van der Waals surface area contributed by atoms with Crippen LogP contribution in [0.15, 0.2) is 43.0 Å². The van der Waals surface area contributed by atoms with E-state index in [0.29, 0.717) is 6.54 Å². The summed E-state index contributed by atoms with van der Waals surface area (Å²) in [6.07, 6.45) is 3.38. The average Bonchev–Trinajstić information content (AvgIpc) is 2.55. The molecule has 0 fully saturated rings. The number of hydrogen-bond acceptors (Lipinski definition) is 4. The summed E-state index contributed by atoms with van der Waals surface area (Å²) in [5.74, 6) is 0.253. The highest BCUT2D eigenvalue weighted by atomic mass is 28.4. The number of benzene rings is 1. The van der Waals surface area contributed by atoms with Gasteiger partial charge in [0.25, 0.3) is 0 Å². The van der Waals surface area contributed by atoms with Crippen molar-refractivity contribution in [2.24, 2.45) is 17.4 Å². The lowest BCUT2D eigenvalue weighted by molar-refractivity contribution is 0.237. The molecule has 0 spiro atoms. The van der Waals surface area contributed by atoms with Crippen LogP contribution in [-0.4, -0.2) is 34.9 Å². The zero-order chi connectivity index (χ0) is 16.6. The fraction of sp³-hybridized carbons (Fsp3) is 0.529. The molecule has 0 aromatic heterocycles. The van der Waals surface area contributed by atoms with Crippen LogP contribution in [-0.2, 0) is 15.3 Å². The van der Waals surface area contributed by atoms with Crippen molar-refractivity contribution in [2.75, 3.05) is 20.8 Å². The summed E-state index contributed by atoms with van der Waals surface area (Å²) >= 11 is 0. The van der Waals surface area contributed by atoms with Crippen LogP contribution in [0.5, 0.6) is 0 Å². The van der Waals surface area contributed by atoms with Crippen molar-refractivity contribution in [1.29, 1.82) is 0 Å². The molecule has 0 amide bonds. The van der Waals surface area contributed by atoms with Crippen molar-refractivity contribution in [3.63, 3.8) is 0 Å². The van der Waals surface area contributed by atoms with E-state index in [-0.39, 0.29) is 5.92 Å². The first-order chi connectivity index (χ1) is 10.4. The van der Waals surface area contributed by atoms with Crippen LogP contribution in [0.3, 0.4) is 0 Å². The van der Waals surface area contributed by atoms with Gasteiger partial charge in [0.1, 0.15) is 0 Å². The Morgan fingerprint density at radius 1 is 1.27 bits per heavy atom. The maximum Gasteiger partial charge on any atom is 0.334 e. The zero-order valence-corrected chi connectivity index (χ0v) is 15.0. The monoisotopic (exact) mass is 322 g/mol. The van der Waals surface area contributed by atoms with Crippen molar-refractivity contribution in [3.8, 4) is 0 Å². The summed E-state index contributed by atoms with van der Waals surface area (Å²) < 4.78 is 11.2. The van der Waals surface area contributed by atoms with E-state index in [2.05, 4.69) is 25.3 Å². The van der Waals surface area contributed by atoms with E-state index in [0.717, 1.165) is 18.9 Å². The average molecular weight is 323 g/mol. The standard InChI is InChI=1S/C17H30N2O2Si/c1-5-17(19,11-15-9-7-6-8-10-15)12-16(13-18)14-22(4,20-2)21-3/h5-10,16H,1,11-14,18-19H2,2-4H3. The Labute approximate surface area is 135 Å². The molecule has 0 radical (unpaired) electrons. The summed E-state index contributed by atoms with van der Waals surface area (Å²) in [7, 11) is 1.25. The van der Waals surface area contributed by atoms with Crippen molar-refractivity contribution >= 4 is 8.56 Å². The van der Waals surface area contributed by atoms with E-state index >= 15 is 0 Å². The molecule has 0 saturated carbocycles. The van der Waals surface area contributed by atoms with E-state index in [1.54, 1.807) is 14.2 Å². The van der Waals surface area contributed by atoms with Crippen molar-refractivity contribution in [3.05, 3.63) is 48.6 Å². The van der Waals surface area contributed by atoms with Gasteiger partial charge in [0.05, 0.1) is 0 Å². The van der Waals surface area contributed by atoms with Crippen LogP contribution in [0, 0.1) is 5.92 Å². The van der Waals surface area contributed by atoms with Gasteiger partial charge in [-0.15, -0.1) is 6.58 Å². The quantitative estimate of drug-likeness (QED) is 0.513. The van der Waals surface area contributed by atoms with Gasteiger partial charge in [-0.3, -0.25) is 0 Å². The minimum absolute atomic E-state index is 0.253. The lowest BCUT2D eigenvalue weighted by atomic mass is 9.83. The Bertz CT molecular complexity index is 451. The molecule has 0 bridgehead atoms. The predicted molar refractivity (Wildman–Crippen MR) is 94.9 cm³/mol. The largest absolute Gasteiger partial charge is 0.398 e. The number of hydrogen-bond donors (Lipinski definition) is 2. The third-order valence-electron chi connectivity index (χ3n) is 4.31. The van der Waals surface area contributed by atoms with Crippen LogP contribution < -0.4 is 11.5 Å². The van der Waals surface area contributed by atoms with Crippen molar-refractivity contribution < 1.29 is 8.85 Å². The first-order valence-corrected chi connectivity index (χ1v) is 10.2. The van der Waals surface area contributed by atoms with Gasteiger partial charge in [-0.2, -0.15) is 0 Å². The van der Waals surface area contributed by atoms with Gasteiger partial charge in [0, 0.05) is 19.8 Å². The molecule has 1 rings (SSSR count). The highest BCUT2D eigenvalue weighted by Crippen LogP contribution is 2.27. The fourth-order valence-corrected chi connectivity index (χ4v) is 4.61. The molecule has 1 aromatic rings. The molecular weight excluding hydrogens is 292 g/mol. The predicted octanol–water partition coefficient (Wildman–Crippen LogP) is 2.44. The topological polar surface area (TPSA) is 70.5 Å². The molecule has 0 aliphatic heterocycles. The molecule has 0 aliphatic carbocycles. The van der Waals surface area contributed by atoms with Gasteiger partial charge in [0.15, 0.2) is 0 Å². The number of rotatable bonds is 10. The van der Waals surface area contributed by atoms with Crippen LogP contribution >= 0.6 is 0 Å². The molecule has 1 aromatic carbocycles. The van der Waals surface area contributed by atoms with Gasteiger partial charge in [-0.05, 0) is 43.5 Å². The summed E-state index contributed by atoms with van der Waals surface area (Å²) in [4.78, 5) is 0. The van der Waals surface area contributed by atoms with Gasteiger partial charge in [0.2, 0.25) is 0 Å². The van der Waals surface area contributed by atoms with Crippen molar-refractivity contribution in [2.45, 2.75) is 31.0 Å². The van der Waals surface area contributed by atoms with Crippen LogP contribution in [0.1, 0.15) is 12.0 Å². The van der Waals surface area contributed by atoms with Crippen LogP contribution in [0.25, 0.3) is 0 Å². The first-order valence-electron chi connectivity index (χ1n) is 7.67. The maximum atomic E-state index is 6.57. The molecule has 2 atom stereocenters.